The second-order valence-electron chi connectivity index (χ2n) is 13.2. The molecule has 3 N–H and O–H groups in total. The van der Waals surface area contributed by atoms with Crippen LogP contribution in [0.1, 0.15) is 74.8 Å². The van der Waals surface area contributed by atoms with Gasteiger partial charge in [-0.3, -0.25) is 23.3 Å². The predicted molar refractivity (Wildman–Crippen MR) is 181 cm³/mol. The summed E-state index contributed by atoms with van der Waals surface area (Å²) in [6, 6.07) is 3.34. The molecule has 50 heavy (non-hydrogen) atoms. The fraction of sp³-hybridized carbons (Fsp3) is 0.441. The third-order valence-electron chi connectivity index (χ3n) is 8.25. The highest BCUT2D eigenvalue weighted by Crippen LogP contribution is 2.50. The second-order valence-corrected chi connectivity index (χ2v) is 15.6. The number of halogens is 3. The Bertz CT molecular complexity index is 1800. The maximum atomic E-state index is 15.2. The number of nitrogens with one attached hydrogen (secondary N) is 2. The number of amides is 2. The fourth-order valence-corrected chi connectivity index (χ4v) is 6.89. The number of fused-ring (bicyclic) bond motifs is 1. The van der Waals surface area contributed by atoms with Gasteiger partial charge >= 0.3 is 12.1 Å². The summed E-state index contributed by atoms with van der Waals surface area (Å²) in [5, 5.41) is 5.69. The van der Waals surface area contributed by atoms with Crippen molar-refractivity contribution in [1.82, 2.24) is 15.3 Å². The number of carbonyl (C=O) groups excluding carboxylic acids is 3. The molecule has 0 bridgehead atoms. The van der Waals surface area contributed by atoms with Crippen molar-refractivity contribution >= 4 is 39.9 Å². The maximum absolute atomic E-state index is 15.2. The van der Waals surface area contributed by atoms with E-state index in [1.807, 2.05) is 4.90 Å². The highest BCUT2D eigenvalue weighted by molar-refractivity contribution is 8.24. The van der Waals surface area contributed by atoms with Crippen LogP contribution in [0.3, 0.4) is 0 Å². The van der Waals surface area contributed by atoms with Gasteiger partial charge in [0, 0.05) is 37.9 Å². The first kappa shape index (κ1) is 36.9. The van der Waals surface area contributed by atoms with Gasteiger partial charge in [0.2, 0.25) is 0 Å². The van der Waals surface area contributed by atoms with E-state index >= 15 is 13.2 Å². The van der Waals surface area contributed by atoms with Gasteiger partial charge in [-0.25, -0.2) is 22.9 Å². The molecule has 3 atom stereocenters. The number of rotatable bonds is 8. The molecule has 2 aromatic heterocycles. The zero-order valence-corrected chi connectivity index (χ0v) is 29.4. The fourth-order valence-electron chi connectivity index (χ4n) is 6.05. The van der Waals surface area contributed by atoms with E-state index in [-0.39, 0.29) is 22.3 Å². The van der Waals surface area contributed by atoms with E-state index in [0.717, 1.165) is 29.8 Å². The van der Waals surface area contributed by atoms with Crippen LogP contribution in [0.4, 0.5) is 29.3 Å². The van der Waals surface area contributed by atoms with Crippen LogP contribution in [0.15, 0.2) is 35.4 Å². The van der Waals surface area contributed by atoms with Crippen molar-refractivity contribution in [3.63, 3.8) is 0 Å². The number of hydrogen-bond acceptors (Lipinski definition) is 10. The number of ether oxygens (including phenoxy) is 2. The molecule has 2 aliphatic rings. The van der Waals surface area contributed by atoms with Crippen molar-refractivity contribution < 1.29 is 45.8 Å². The summed E-state index contributed by atoms with van der Waals surface area (Å²) in [4.78, 5) is 48.4. The molecular formula is C34H40F3N5O7S. The molecule has 1 aliphatic carbocycles. The Kier molecular flexibility index (Phi) is 10.6. The number of pyridine rings is 2. The molecule has 5 rings (SSSR count). The lowest BCUT2D eigenvalue weighted by Crippen LogP contribution is -2.49. The molecule has 0 saturated carbocycles. The van der Waals surface area contributed by atoms with Crippen molar-refractivity contribution in [2.45, 2.75) is 76.0 Å². The summed E-state index contributed by atoms with van der Waals surface area (Å²) >= 11 is 0. The number of aromatic nitrogens is 2. The van der Waals surface area contributed by atoms with Crippen LogP contribution >= 0.6 is 10.6 Å². The first-order valence-corrected chi connectivity index (χ1v) is 17.9. The van der Waals surface area contributed by atoms with Gasteiger partial charge in [0.05, 0.1) is 40.8 Å². The Morgan fingerprint density at radius 1 is 1.08 bits per heavy atom. The second kappa shape index (κ2) is 14.4. The first-order valence-electron chi connectivity index (χ1n) is 15.9. The van der Waals surface area contributed by atoms with Crippen molar-refractivity contribution in [2.24, 2.45) is 0 Å². The molecule has 3 aromatic rings. The van der Waals surface area contributed by atoms with E-state index in [0.29, 0.717) is 50.2 Å². The smallest absolute Gasteiger partial charge is 0.407 e. The van der Waals surface area contributed by atoms with Crippen molar-refractivity contribution in [3.05, 3.63) is 64.9 Å². The number of piperidine rings is 1. The summed E-state index contributed by atoms with van der Waals surface area (Å²) in [6.07, 6.45) is 3.87. The van der Waals surface area contributed by atoms with Gasteiger partial charge < -0.3 is 25.0 Å². The Morgan fingerprint density at radius 3 is 2.42 bits per heavy atom. The molecule has 0 spiro atoms. The van der Waals surface area contributed by atoms with E-state index < -0.39 is 69.0 Å². The van der Waals surface area contributed by atoms with E-state index in [1.165, 1.54) is 26.5 Å². The van der Waals surface area contributed by atoms with Crippen LogP contribution in [-0.2, 0) is 24.9 Å². The Morgan fingerprint density at radius 2 is 1.78 bits per heavy atom. The zero-order chi connectivity index (χ0) is 36.5. The topological polar surface area (TPSA) is 152 Å². The predicted octanol–water partition coefficient (Wildman–Crippen LogP) is 6.68. The number of hydrogen-bond donors (Lipinski definition) is 3. The van der Waals surface area contributed by atoms with E-state index in [4.69, 9.17) is 13.7 Å². The summed E-state index contributed by atoms with van der Waals surface area (Å²) in [5.41, 5.74) is -0.416. The molecule has 0 radical (unpaired) electrons. The molecule has 270 valence electrons. The van der Waals surface area contributed by atoms with Crippen molar-refractivity contribution in [1.29, 1.82) is 0 Å². The molecule has 1 saturated heterocycles. The molecular weight excluding hydrogens is 679 g/mol. The third kappa shape index (κ3) is 8.13. The number of anilines is 2. The van der Waals surface area contributed by atoms with Crippen LogP contribution in [0.2, 0.25) is 0 Å². The van der Waals surface area contributed by atoms with Crippen LogP contribution in [0, 0.1) is 17.5 Å². The zero-order valence-electron chi connectivity index (χ0n) is 28.6. The van der Waals surface area contributed by atoms with Crippen LogP contribution < -0.4 is 15.5 Å². The summed E-state index contributed by atoms with van der Waals surface area (Å²) < 4.78 is 71.8. The lowest BCUT2D eigenvalue weighted by molar-refractivity contribution is -0.146. The molecule has 1 fully saturated rings. The van der Waals surface area contributed by atoms with Crippen molar-refractivity contribution in [2.75, 3.05) is 36.7 Å². The van der Waals surface area contributed by atoms with Gasteiger partial charge in [0.1, 0.15) is 40.5 Å². The average molecular weight is 720 g/mol. The Balaban J connectivity index is 1.48. The van der Waals surface area contributed by atoms with Gasteiger partial charge in [-0.1, -0.05) is 0 Å². The number of benzene rings is 1. The number of alkyl carbamates (subject to hydrolysis) is 1. The largest absolute Gasteiger partial charge is 0.456 e. The number of carbonyl (C=O) groups is 3. The monoisotopic (exact) mass is 719 g/mol. The van der Waals surface area contributed by atoms with Crippen LogP contribution in [-0.4, -0.2) is 70.6 Å². The molecule has 1 aromatic carbocycles. The minimum absolute atomic E-state index is 0.165. The summed E-state index contributed by atoms with van der Waals surface area (Å²) in [7, 11) is -1.78. The van der Waals surface area contributed by atoms with E-state index in [9.17, 15) is 18.9 Å². The third-order valence-corrected chi connectivity index (χ3v) is 10.0. The molecule has 3 unspecified atom stereocenters. The molecule has 16 heteroatoms. The minimum Gasteiger partial charge on any atom is -0.456 e. The normalized spacial score (nSPS) is 19.2. The van der Waals surface area contributed by atoms with E-state index in [2.05, 4.69) is 20.6 Å². The molecule has 1 aliphatic heterocycles. The SMILES string of the molecule is COS(C)(O)c1cc(F)c(-c2nc(C(=O)Nc3cnc4c(c3N3CCCC(NC(=O)OC(C)(C)C)C3)CCC4OC(C)=O)ccc2F)c(F)c1. The first-order chi connectivity index (χ1) is 23.5. The van der Waals surface area contributed by atoms with E-state index in [1.54, 1.807) is 20.8 Å². The number of nitrogens with zero attached hydrogens (tertiary/aromatic N) is 3. The van der Waals surface area contributed by atoms with Gasteiger partial charge in [-0.2, -0.15) is 10.6 Å². The van der Waals surface area contributed by atoms with Gasteiger partial charge in [-0.15, -0.1) is 0 Å². The maximum Gasteiger partial charge on any atom is 0.407 e. The average Bonchev–Trinajstić information content (AvgIpc) is 3.42. The lowest BCUT2D eigenvalue weighted by atomic mass is 10.0. The van der Waals surface area contributed by atoms with Crippen molar-refractivity contribution in [3.8, 4) is 11.3 Å². The lowest BCUT2D eigenvalue weighted by Gasteiger charge is -2.37. The Labute approximate surface area is 289 Å². The quantitative estimate of drug-likeness (QED) is 0.215. The highest BCUT2D eigenvalue weighted by atomic mass is 32.3. The number of esters is 1. The van der Waals surface area contributed by atoms with Gasteiger partial charge in [0.15, 0.2) is 0 Å². The summed E-state index contributed by atoms with van der Waals surface area (Å²) in [6.45, 7) is 7.55. The minimum atomic E-state index is -2.97. The van der Waals surface area contributed by atoms with Crippen LogP contribution in [0.25, 0.3) is 11.3 Å². The highest BCUT2D eigenvalue weighted by Gasteiger charge is 2.35. The van der Waals surface area contributed by atoms with Crippen LogP contribution in [0.5, 0.6) is 0 Å². The standard InChI is InChI=1S/C34H40F3N5O7S/c1-18(43)48-27-12-9-21-29(27)38-16-26(31(21)42-13-7-8-19(17-42)39-33(45)49-34(2,3)4)41-32(44)25-11-10-22(35)30(40-25)28-23(36)14-20(15-24(28)37)50(6,46)47-5/h10-11,14-16,19,27,46H,7-9,12-13,17H2,1-6H3,(H,39,45)(H,41,44). The molecule has 12 nitrogen and oxygen atoms in total. The molecule has 2 amide bonds. The van der Waals surface area contributed by atoms with Gasteiger partial charge in [0.25, 0.3) is 5.91 Å². The molecule has 3 heterocycles. The Hall–Kier alpha value is -4.41. The summed E-state index contributed by atoms with van der Waals surface area (Å²) in [5.74, 6) is -4.77. The van der Waals surface area contributed by atoms with Gasteiger partial charge in [-0.05, 0) is 70.7 Å².